The summed E-state index contributed by atoms with van der Waals surface area (Å²) in [7, 11) is 1.67. The number of para-hydroxylation sites is 2. The van der Waals surface area contributed by atoms with Crippen LogP contribution in [0.1, 0.15) is 23.7 Å². The number of allylic oxidation sites excluding steroid dienone is 3. The SMILES string of the molecule is C=C(I)C1CCN(C2=c3cc(C(=O)NC)c4nc5ccccc5n4/c3=C\C=C\C(C)=C2)C1. The van der Waals surface area contributed by atoms with Crippen LogP contribution in [0.15, 0.2) is 64.3 Å². The van der Waals surface area contributed by atoms with Crippen LogP contribution >= 0.6 is 22.6 Å². The average molecular weight is 536 g/mol. The van der Waals surface area contributed by atoms with Crippen molar-refractivity contribution in [3.63, 3.8) is 0 Å². The van der Waals surface area contributed by atoms with E-state index in [2.05, 4.69) is 81.1 Å². The summed E-state index contributed by atoms with van der Waals surface area (Å²) in [4.78, 5) is 20.2. The maximum Gasteiger partial charge on any atom is 0.254 e. The van der Waals surface area contributed by atoms with Crippen molar-refractivity contribution in [1.29, 1.82) is 0 Å². The molecule has 1 saturated heterocycles. The van der Waals surface area contributed by atoms with Crippen LogP contribution in [0.2, 0.25) is 0 Å². The third-order valence-electron chi connectivity index (χ3n) is 6.30. The first kappa shape index (κ1) is 21.0. The number of hydrogen-bond donors (Lipinski definition) is 1. The molecule has 1 amide bonds. The van der Waals surface area contributed by atoms with E-state index in [1.807, 2.05) is 24.3 Å². The van der Waals surface area contributed by atoms with Gasteiger partial charge in [-0.15, -0.1) is 0 Å². The number of rotatable bonds is 3. The van der Waals surface area contributed by atoms with Crippen molar-refractivity contribution >= 4 is 57.0 Å². The molecule has 2 aliphatic rings. The highest BCUT2D eigenvalue weighted by atomic mass is 127. The van der Waals surface area contributed by atoms with E-state index in [0.29, 0.717) is 17.1 Å². The number of fused-ring (bicyclic) bond motifs is 5. The number of benzene rings is 1. The number of aromatic nitrogens is 2. The summed E-state index contributed by atoms with van der Waals surface area (Å²) in [5.74, 6) is 0.340. The highest BCUT2D eigenvalue weighted by Gasteiger charge is 2.26. The van der Waals surface area contributed by atoms with Gasteiger partial charge in [-0.3, -0.25) is 9.20 Å². The first-order valence-electron chi connectivity index (χ1n) is 10.8. The van der Waals surface area contributed by atoms with Crippen molar-refractivity contribution < 1.29 is 4.79 Å². The molecular weight excluding hydrogens is 511 g/mol. The van der Waals surface area contributed by atoms with E-state index in [4.69, 9.17) is 4.98 Å². The van der Waals surface area contributed by atoms with Gasteiger partial charge in [0.15, 0.2) is 5.65 Å². The Morgan fingerprint density at radius 1 is 1.31 bits per heavy atom. The highest BCUT2D eigenvalue weighted by Crippen LogP contribution is 2.30. The molecule has 2 aromatic heterocycles. The fourth-order valence-corrected chi connectivity index (χ4v) is 5.16. The number of nitrogens with one attached hydrogen (secondary N) is 1. The summed E-state index contributed by atoms with van der Waals surface area (Å²) in [6.45, 7) is 8.19. The van der Waals surface area contributed by atoms with Crippen LogP contribution in [0, 0.1) is 5.92 Å². The molecule has 3 heterocycles. The molecule has 6 heteroatoms. The minimum Gasteiger partial charge on any atom is -0.370 e. The van der Waals surface area contributed by atoms with Gasteiger partial charge in [-0.05, 0) is 75.4 Å². The molecule has 1 N–H and O–H groups in total. The Kier molecular flexibility index (Phi) is 5.41. The van der Waals surface area contributed by atoms with Crippen LogP contribution in [0.5, 0.6) is 0 Å². The molecule has 1 aliphatic heterocycles. The second-order valence-corrected chi connectivity index (χ2v) is 9.76. The van der Waals surface area contributed by atoms with Crippen molar-refractivity contribution in [2.24, 2.45) is 5.92 Å². The van der Waals surface area contributed by atoms with Crippen LogP contribution < -0.4 is 15.9 Å². The number of imidazole rings is 1. The van der Waals surface area contributed by atoms with E-state index in [1.54, 1.807) is 7.05 Å². The lowest BCUT2D eigenvalue weighted by molar-refractivity contribution is 0.0964. The molecule has 5 nitrogen and oxygen atoms in total. The number of likely N-dealkylation sites (tertiary alicyclic amines) is 1. The lowest BCUT2D eigenvalue weighted by atomic mass is 10.1. The summed E-state index contributed by atoms with van der Waals surface area (Å²) in [6, 6.07) is 10.1. The van der Waals surface area contributed by atoms with E-state index in [0.717, 1.165) is 46.8 Å². The van der Waals surface area contributed by atoms with Gasteiger partial charge >= 0.3 is 0 Å². The minimum atomic E-state index is -0.134. The van der Waals surface area contributed by atoms with E-state index in [9.17, 15) is 4.79 Å². The van der Waals surface area contributed by atoms with Crippen LogP contribution in [-0.4, -0.2) is 40.3 Å². The zero-order valence-corrected chi connectivity index (χ0v) is 20.4. The normalized spacial score (nSPS) is 20.3. The summed E-state index contributed by atoms with van der Waals surface area (Å²) >= 11 is 2.35. The van der Waals surface area contributed by atoms with Gasteiger partial charge in [0.1, 0.15) is 0 Å². The van der Waals surface area contributed by atoms with Gasteiger partial charge in [0, 0.05) is 37.0 Å². The fourth-order valence-electron chi connectivity index (χ4n) is 4.65. The maximum atomic E-state index is 12.9. The standard InChI is InChI=1S/C26H25IN4O/c1-16-7-6-10-22-19(24(13-16)30-12-11-18(15-30)17(2)27)14-20(26(32)28-3)25-29-21-8-4-5-9-23(21)31(22)25/h4-10,13-14,18H,2,11-12,15H2,1,3H3,(H,28,32)/b7-6+,10-6?,16-7?,16-13?,22-10-,24-13?,24-19?. The monoisotopic (exact) mass is 536 g/mol. The van der Waals surface area contributed by atoms with Gasteiger partial charge in [0.25, 0.3) is 5.91 Å². The van der Waals surface area contributed by atoms with Crippen molar-refractivity contribution in [1.82, 2.24) is 19.6 Å². The van der Waals surface area contributed by atoms with Crippen molar-refractivity contribution in [3.05, 3.63) is 80.4 Å². The number of carbonyl (C=O) groups excluding carboxylic acids is 1. The van der Waals surface area contributed by atoms with Crippen LogP contribution in [0.25, 0.3) is 28.5 Å². The third-order valence-corrected chi connectivity index (χ3v) is 7.19. The van der Waals surface area contributed by atoms with Gasteiger partial charge < -0.3 is 10.2 Å². The zero-order valence-electron chi connectivity index (χ0n) is 18.2. The first-order valence-corrected chi connectivity index (χ1v) is 11.9. The van der Waals surface area contributed by atoms with E-state index >= 15 is 0 Å². The number of amides is 1. The zero-order chi connectivity index (χ0) is 22.4. The minimum absolute atomic E-state index is 0.134. The molecule has 1 aliphatic carbocycles. The largest absolute Gasteiger partial charge is 0.370 e. The summed E-state index contributed by atoms with van der Waals surface area (Å²) in [5, 5.41) is 4.88. The molecule has 1 fully saturated rings. The second-order valence-electron chi connectivity index (χ2n) is 8.37. The molecular formula is C26H25IN4O. The Balaban J connectivity index is 1.94. The predicted molar refractivity (Wildman–Crippen MR) is 139 cm³/mol. The maximum absolute atomic E-state index is 12.9. The molecule has 1 unspecified atom stereocenters. The lowest BCUT2D eigenvalue weighted by Crippen LogP contribution is -2.39. The molecule has 0 bridgehead atoms. The molecule has 0 saturated carbocycles. The van der Waals surface area contributed by atoms with Gasteiger partial charge in [-0.2, -0.15) is 0 Å². The van der Waals surface area contributed by atoms with Crippen LogP contribution in [0.4, 0.5) is 0 Å². The molecule has 1 aromatic carbocycles. The second kappa shape index (κ2) is 8.24. The smallest absolute Gasteiger partial charge is 0.254 e. The quantitative estimate of drug-likeness (QED) is 0.522. The lowest BCUT2D eigenvalue weighted by Gasteiger charge is -2.22. The Labute approximate surface area is 200 Å². The number of hydrogen-bond acceptors (Lipinski definition) is 3. The van der Waals surface area contributed by atoms with E-state index in [1.165, 1.54) is 9.15 Å². The third kappa shape index (κ3) is 3.46. The number of carbonyl (C=O) groups is 1. The van der Waals surface area contributed by atoms with Crippen LogP contribution in [-0.2, 0) is 0 Å². The summed E-state index contributed by atoms with van der Waals surface area (Å²) < 4.78 is 3.32. The average Bonchev–Trinajstić information content (AvgIpc) is 3.41. The number of nitrogens with zero attached hydrogens (tertiary/aromatic N) is 3. The van der Waals surface area contributed by atoms with E-state index < -0.39 is 0 Å². The van der Waals surface area contributed by atoms with Gasteiger partial charge in [-0.1, -0.05) is 30.9 Å². The van der Waals surface area contributed by atoms with Gasteiger partial charge in [-0.25, -0.2) is 4.98 Å². The molecule has 162 valence electrons. The molecule has 3 aromatic rings. The molecule has 0 radical (unpaired) electrons. The fraction of sp³-hybridized carbons (Fsp3) is 0.231. The molecule has 0 spiro atoms. The first-order chi connectivity index (χ1) is 15.5. The van der Waals surface area contributed by atoms with Gasteiger partial charge in [0.05, 0.1) is 21.9 Å². The molecule has 32 heavy (non-hydrogen) atoms. The number of pyridine rings is 1. The Morgan fingerprint density at radius 2 is 2.12 bits per heavy atom. The highest BCUT2D eigenvalue weighted by molar-refractivity contribution is 14.1. The van der Waals surface area contributed by atoms with Gasteiger partial charge in [0.2, 0.25) is 0 Å². The summed E-state index contributed by atoms with van der Waals surface area (Å²) in [5.41, 5.74) is 5.45. The Morgan fingerprint density at radius 3 is 2.88 bits per heavy atom. The Bertz CT molecular complexity index is 1460. The van der Waals surface area contributed by atoms with Crippen molar-refractivity contribution in [2.75, 3.05) is 20.1 Å². The van der Waals surface area contributed by atoms with Crippen molar-refractivity contribution in [2.45, 2.75) is 13.3 Å². The topological polar surface area (TPSA) is 49.6 Å². The Hall–Kier alpha value is -2.87. The van der Waals surface area contributed by atoms with Crippen LogP contribution in [0.3, 0.4) is 0 Å². The van der Waals surface area contributed by atoms with Crippen molar-refractivity contribution in [3.8, 4) is 0 Å². The van der Waals surface area contributed by atoms with E-state index in [-0.39, 0.29) is 5.91 Å². The molecule has 1 atom stereocenters. The molecule has 5 rings (SSSR count). The number of halogens is 1. The predicted octanol–water partition coefficient (Wildman–Crippen LogP) is 3.52. The summed E-state index contributed by atoms with van der Waals surface area (Å²) in [6.07, 6.45) is 9.66.